The van der Waals surface area contributed by atoms with Gasteiger partial charge in [-0.15, -0.1) is 11.8 Å². The largest absolute Gasteiger partial charge is 0.379 e. The van der Waals surface area contributed by atoms with Crippen LogP contribution in [-0.4, -0.2) is 39.0 Å². The number of benzene rings is 2. The van der Waals surface area contributed by atoms with E-state index in [1.807, 2.05) is 30.3 Å². The van der Waals surface area contributed by atoms with Gasteiger partial charge in [-0.25, -0.2) is 8.42 Å². The van der Waals surface area contributed by atoms with Crippen molar-refractivity contribution in [2.45, 2.75) is 15.5 Å². The average molecular weight is 349 g/mol. The minimum atomic E-state index is -3.42. The van der Waals surface area contributed by atoms with Crippen LogP contribution in [0.3, 0.4) is 0 Å². The normalized spacial score (nSPS) is 16.3. The topological polar surface area (TPSA) is 46.6 Å². The number of nitrogens with zero attached hydrogens (tertiary/aromatic N) is 1. The molecule has 0 atom stereocenters. The first kappa shape index (κ1) is 16.5. The van der Waals surface area contributed by atoms with Gasteiger partial charge in [0.25, 0.3) is 0 Å². The fourth-order valence-corrected chi connectivity index (χ4v) is 4.76. The van der Waals surface area contributed by atoms with Crippen molar-refractivity contribution in [1.29, 1.82) is 0 Å². The minimum absolute atomic E-state index is 0.366. The number of thioether (sulfide) groups is 1. The summed E-state index contributed by atoms with van der Waals surface area (Å²) in [6.45, 7) is 1.77. The van der Waals surface area contributed by atoms with Gasteiger partial charge in [-0.1, -0.05) is 30.3 Å². The zero-order valence-corrected chi connectivity index (χ0v) is 14.4. The second-order valence-corrected chi connectivity index (χ2v) is 8.25. The summed E-state index contributed by atoms with van der Waals surface area (Å²) in [6.07, 6.45) is 0. The van der Waals surface area contributed by atoms with Gasteiger partial charge in [0.05, 0.1) is 18.1 Å². The number of morpholine rings is 1. The highest BCUT2D eigenvalue weighted by Crippen LogP contribution is 2.24. The summed E-state index contributed by atoms with van der Waals surface area (Å²) in [5.41, 5.74) is 1.01. The molecule has 1 fully saturated rings. The van der Waals surface area contributed by atoms with Gasteiger partial charge < -0.3 is 4.74 Å². The summed E-state index contributed by atoms with van der Waals surface area (Å²) in [5, 5.41) is 0. The molecule has 4 nitrogen and oxygen atoms in total. The lowest BCUT2D eigenvalue weighted by atomic mass is 10.2. The summed E-state index contributed by atoms with van der Waals surface area (Å²) in [7, 11) is -3.42. The van der Waals surface area contributed by atoms with Gasteiger partial charge in [0, 0.05) is 23.7 Å². The molecule has 1 heterocycles. The molecule has 0 N–H and O–H groups in total. The van der Waals surface area contributed by atoms with Crippen molar-refractivity contribution >= 4 is 21.8 Å². The van der Waals surface area contributed by atoms with Crippen LogP contribution in [0, 0.1) is 0 Å². The maximum absolute atomic E-state index is 12.7. The van der Waals surface area contributed by atoms with Crippen molar-refractivity contribution in [2.24, 2.45) is 0 Å². The smallest absolute Gasteiger partial charge is 0.243 e. The van der Waals surface area contributed by atoms with Crippen LogP contribution in [0.4, 0.5) is 0 Å². The van der Waals surface area contributed by atoms with Crippen molar-refractivity contribution in [2.75, 3.05) is 26.3 Å². The fraction of sp³-hybridized carbons (Fsp3) is 0.294. The molecule has 0 aliphatic carbocycles. The third-order valence-electron chi connectivity index (χ3n) is 3.65. The molecule has 0 saturated carbocycles. The zero-order valence-electron chi connectivity index (χ0n) is 12.7. The molecule has 6 heteroatoms. The third-order valence-corrected chi connectivity index (χ3v) is 6.63. The van der Waals surface area contributed by atoms with Gasteiger partial charge in [0.2, 0.25) is 10.0 Å². The highest BCUT2D eigenvalue weighted by molar-refractivity contribution is 7.98. The maximum atomic E-state index is 12.7. The van der Waals surface area contributed by atoms with Crippen molar-refractivity contribution in [3.63, 3.8) is 0 Å². The van der Waals surface area contributed by atoms with E-state index >= 15 is 0 Å². The monoisotopic (exact) mass is 349 g/mol. The highest BCUT2D eigenvalue weighted by atomic mass is 32.2. The van der Waals surface area contributed by atoms with E-state index in [2.05, 4.69) is 12.1 Å². The Morgan fingerprint density at radius 2 is 1.74 bits per heavy atom. The molecular weight excluding hydrogens is 330 g/mol. The van der Waals surface area contributed by atoms with Crippen LogP contribution in [0.2, 0.25) is 0 Å². The fourth-order valence-electron chi connectivity index (χ4n) is 2.42. The van der Waals surface area contributed by atoms with Gasteiger partial charge in [0.15, 0.2) is 0 Å². The minimum Gasteiger partial charge on any atom is -0.379 e. The van der Waals surface area contributed by atoms with Crippen LogP contribution in [-0.2, 0) is 20.5 Å². The Bertz CT molecular complexity index is 741. The Labute approximate surface area is 141 Å². The molecule has 3 rings (SSSR count). The van der Waals surface area contributed by atoms with E-state index in [-0.39, 0.29) is 0 Å². The summed E-state index contributed by atoms with van der Waals surface area (Å²) in [5.74, 6) is 0.747. The van der Waals surface area contributed by atoms with Crippen LogP contribution in [0.5, 0.6) is 0 Å². The summed E-state index contributed by atoms with van der Waals surface area (Å²) in [4.78, 5) is 1.54. The predicted octanol–water partition coefficient (Wildman–Crippen LogP) is 3.00. The van der Waals surface area contributed by atoms with Crippen LogP contribution in [0.1, 0.15) is 5.56 Å². The van der Waals surface area contributed by atoms with Crippen LogP contribution < -0.4 is 0 Å². The highest BCUT2D eigenvalue weighted by Gasteiger charge is 2.26. The molecule has 1 aliphatic rings. The molecule has 0 radical (unpaired) electrons. The summed E-state index contributed by atoms with van der Waals surface area (Å²) >= 11 is 1.70. The lowest BCUT2D eigenvalue weighted by Gasteiger charge is -2.26. The Kier molecular flexibility index (Phi) is 5.38. The van der Waals surface area contributed by atoms with Gasteiger partial charge in [0.1, 0.15) is 0 Å². The van der Waals surface area contributed by atoms with Gasteiger partial charge in [-0.3, -0.25) is 0 Å². The van der Waals surface area contributed by atoms with Crippen molar-refractivity contribution < 1.29 is 13.2 Å². The SMILES string of the molecule is O=S(=O)(c1cccc(CSc2ccccc2)c1)N1CCOCC1. The second-order valence-electron chi connectivity index (χ2n) is 5.27. The first-order valence-electron chi connectivity index (χ1n) is 7.51. The predicted molar refractivity (Wildman–Crippen MR) is 92.0 cm³/mol. The first-order chi connectivity index (χ1) is 11.2. The molecule has 2 aromatic carbocycles. The maximum Gasteiger partial charge on any atom is 0.243 e. The van der Waals surface area contributed by atoms with Gasteiger partial charge in [-0.05, 0) is 29.8 Å². The molecule has 23 heavy (non-hydrogen) atoms. The number of hydrogen-bond donors (Lipinski definition) is 0. The van der Waals surface area contributed by atoms with E-state index in [4.69, 9.17) is 4.74 Å². The molecule has 1 aliphatic heterocycles. The van der Waals surface area contributed by atoms with Crippen molar-refractivity contribution in [3.05, 3.63) is 60.2 Å². The van der Waals surface area contributed by atoms with Crippen molar-refractivity contribution in [3.8, 4) is 0 Å². The quantitative estimate of drug-likeness (QED) is 0.779. The van der Waals surface area contributed by atoms with E-state index < -0.39 is 10.0 Å². The van der Waals surface area contributed by atoms with Gasteiger partial charge in [-0.2, -0.15) is 4.31 Å². The zero-order chi connectivity index (χ0) is 16.1. The molecule has 0 aromatic heterocycles. The van der Waals surface area contributed by atoms with E-state index in [0.29, 0.717) is 31.2 Å². The standard InChI is InChI=1S/C17H19NO3S2/c19-23(20,18-9-11-21-12-10-18)17-8-4-5-15(13-17)14-22-16-6-2-1-3-7-16/h1-8,13H,9-12,14H2. The summed E-state index contributed by atoms with van der Waals surface area (Å²) in [6, 6.07) is 17.3. The lowest BCUT2D eigenvalue weighted by molar-refractivity contribution is 0.0730. The third kappa shape index (κ3) is 4.14. The van der Waals surface area contributed by atoms with Gasteiger partial charge >= 0.3 is 0 Å². The van der Waals surface area contributed by atoms with E-state index in [1.165, 1.54) is 9.20 Å². The number of hydrogen-bond acceptors (Lipinski definition) is 4. The number of ether oxygens (including phenoxy) is 1. The molecule has 0 amide bonds. The Balaban J connectivity index is 1.74. The lowest BCUT2D eigenvalue weighted by Crippen LogP contribution is -2.40. The number of rotatable bonds is 5. The van der Waals surface area contributed by atoms with Crippen molar-refractivity contribution in [1.82, 2.24) is 4.31 Å². The average Bonchev–Trinajstić information content (AvgIpc) is 2.62. The Morgan fingerprint density at radius 3 is 2.48 bits per heavy atom. The Hall–Kier alpha value is -1.34. The van der Waals surface area contributed by atoms with Crippen LogP contribution in [0.15, 0.2) is 64.4 Å². The second kappa shape index (κ2) is 7.49. The van der Waals surface area contributed by atoms with E-state index in [1.54, 1.807) is 23.9 Å². The molecule has 122 valence electrons. The molecule has 1 saturated heterocycles. The van der Waals surface area contributed by atoms with Crippen LogP contribution >= 0.6 is 11.8 Å². The molecule has 0 spiro atoms. The van der Waals surface area contributed by atoms with E-state index in [9.17, 15) is 8.42 Å². The number of sulfonamides is 1. The molecule has 2 aromatic rings. The molecule has 0 bridgehead atoms. The summed E-state index contributed by atoms with van der Waals surface area (Å²) < 4.78 is 32.1. The molecular formula is C17H19NO3S2. The van der Waals surface area contributed by atoms with E-state index in [0.717, 1.165) is 11.3 Å². The first-order valence-corrected chi connectivity index (χ1v) is 9.93. The Morgan fingerprint density at radius 1 is 1.00 bits per heavy atom. The molecule has 0 unspecified atom stereocenters. The van der Waals surface area contributed by atoms with Crippen LogP contribution in [0.25, 0.3) is 0 Å².